The van der Waals surface area contributed by atoms with E-state index in [1.54, 1.807) is 13.3 Å². The summed E-state index contributed by atoms with van der Waals surface area (Å²) in [7, 11) is 1.61. The van der Waals surface area contributed by atoms with E-state index in [2.05, 4.69) is 25.9 Å². The standard InChI is InChI=1S/C8H10BrClN2O2/c1-5(4-13-2)14-7-6(9)3-11-8(10)12-7/h3,5H,4H2,1-2H3. The monoisotopic (exact) mass is 280 g/mol. The van der Waals surface area contributed by atoms with Crippen molar-refractivity contribution in [3.63, 3.8) is 0 Å². The van der Waals surface area contributed by atoms with Gasteiger partial charge in [-0.15, -0.1) is 0 Å². The molecule has 78 valence electrons. The third-order valence-corrected chi connectivity index (χ3v) is 2.12. The van der Waals surface area contributed by atoms with Crippen molar-refractivity contribution in [1.82, 2.24) is 9.97 Å². The van der Waals surface area contributed by atoms with Crippen LogP contribution in [0.3, 0.4) is 0 Å². The molecule has 0 fully saturated rings. The third-order valence-electron chi connectivity index (χ3n) is 1.40. The van der Waals surface area contributed by atoms with Crippen LogP contribution in [0.1, 0.15) is 6.92 Å². The van der Waals surface area contributed by atoms with Crippen molar-refractivity contribution in [2.75, 3.05) is 13.7 Å². The summed E-state index contributed by atoms with van der Waals surface area (Å²) >= 11 is 8.88. The summed E-state index contributed by atoms with van der Waals surface area (Å²) in [5.41, 5.74) is 0. The average molecular weight is 282 g/mol. The highest BCUT2D eigenvalue weighted by Crippen LogP contribution is 2.23. The maximum absolute atomic E-state index is 5.62. The van der Waals surface area contributed by atoms with E-state index < -0.39 is 0 Å². The van der Waals surface area contributed by atoms with Gasteiger partial charge >= 0.3 is 0 Å². The molecule has 1 atom stereocenters. The lowest BCUT2D eigenvalue weighted by Crippen LogP contribution is -2.18. The van der Waals surface area contributed by atoms with E-state index in [1.165, 1.54) is 0 Å². The fraction of sp³-hybridized carbons (Fsp3) is 0.500. The maximum atomic E-state index is 5.62. The van der Waals surface area contributed by atoms with Crippen LogP contribution in [0.4, 0.5) is 0 Å². The average Bonchev–Trinajstić information content (AvgIpc) is 2.12. The van der Waals surface area contributed by atoms with Crippen LogP contribution in [0.5, 0.6) is 5.88 Å². The Labute approximate surface area is 95.7 Å². The predicted octanol–water partition coefficient (Wildman–Crippen LogP) is 2.31. The minimum atomic E-state index is -0.0812. The Morgan fingerprint density at radius 2 is 2.36 bits per heavy atom. The molecule has 0 N–H and O–H groups in total. The number of hydrogen-bond donors (Lipinski definition) is 0. The van der Waals surface area contributed by atoms with E-state index in [0.717, 1.165) is 0 Å². The number of rotatable bonds is 4. The van der Waals surface area contributed by atoms with Crippen LogP contribution >= 0.6 is 27.5 Å². The molecule has 0 aliphatic rings. The topological polar surface area (TPSA) is 44.2 Å². The maximum Gasteiger partial charge on any atom is 0.232 e. The summed E-state index contributed by atoms with van der Waals surface area (Å²) in [4.78, 5) is 7.71. The van der Waals surface area contributed by atoms with Gasteiger partial charge in [-0.25, -0.2) is 4.98 Å². The largest absolute Gasteiger partial charge is 0.471 e. The van der Waals surface area contributed by atoms with E-state index in [-0.39, 0.29) is 11.4 Å². The molecule has 14 heavy (non-hydrogen) atoms. The second kappa shape index (κ2) is 5.48. The number of ether oxygens (including phenoxy) is 2. The molecule has 0 saturated heterocycles. The molecular weight excluding hydrogens is 271 g/mol. The Balaban J connectivity index is 2.70. The summed E-state index contributed by atoms with van der Waals surface area (Å²) in [5, 5.41) is 0.160. The van der Waals surface area contributed by atoms with Crippen LogP contribution in [0, 0.1) is 0 Å². The highest BCUT2D eigenvalue weighted by molar-refractivity contribution is 9.10. The van der Waals surface area contributed by atoms with Crippen LogP contribution in [-0.4, -0.2) is 29.8 Å². The predicted molar refractivity (Wildman–Crippen MR) is 56.7 cm³/mol. The lowest BCUT2D eigenvalue weighted by molar-refractivity contribution is 0.0883. The van der Waals surface area contributed by atoms with Crippen molar-refractivity contribution >= 4 is 27.5 Å². The van der Waals surface area contributed by atoms with E-state index in [1.807, 2.05) is 6.92 Å². The summed E-state index contributed by atoms with van der Waals surface area (Å²) in [5.74, 6) is 0.426. The lowest BCUT2D eigenvalue weighted by Gasteiger charge is -2.13. The first-order chi connectivity index (χ1) is 6.63. The van der Waals surface area contributed by atoms with Gasteiger partial charge in [0.1, 0.15) is 6.10 Å². The smallest absolute Gasteiger partial charge is 0.232 e. The second-order valence-electron chi connectivity index (χ2n) is 2.68. The molecule has 0 amide bonds. The van der Waals surface area contributed by atoms with Gasteiger partial charge in [0, 0.05) is 13.3 Å². The van der Waals surface area contributed by atoms with Crippen molar-refractivity contribution in [1.29, 1.82) is 0 Å². The molecule has 1 unspecified atom stereocenters. The summed E-state index contributed by atoms with van der Waals surface area (Å²) in [6.07, 6.45) is 1.46. The fourth-order valence-electron chi connectivity index (χ4n) is 0.873. The molecule has 4 nitrogen and oxygen atoms in total. The highest BCUT2D eigenvalue weighted by atomic mass is 79.9. The summed E-state index contributed by atoms with van der Waals surface area (Å²) in [6.45, 7) is 2.38. The molecule has 0 saturated carbocycles. The van der Waals surface area contributed by atoms with Gasteiger partial charge in [-0.1, -0.05) is 0 Å². The van der Waals surface area contributed by atoms with E-state index in [4.69, 9.17) is 21.1 Å². The first kappa shape index (κ1) is 11.7. The Bertz CT molecular complexity index is 311. The second-order valence-corrected chi connectivity index (χ2v) is 3.87. The van der Waals surface area contributed by atoms with E-state index in [9.17, 15) is 0 Å². The summed E-state index contributed by atoms with van der Waals surface area (Å²) < 4.78 is 11.1. The van der Waals surface area contributed by atoms with Crippen molar-refractivity contribution < 1.29 is 9.47 Å². The Morgan fingerprint density at radius 1 is 1.64 bits per heavy atom. The first-order valence-corrected chi connectivity index (χ1v) is 5.14. The van der Waals surface area contributed by atoms with Crippen LogP contribution in [0.25, 0.3) is 0 Å². The number of hydrogen-bond acceptors (Lipinski definition) is 4. The Morgan fingerprint density at radius 3 is 3.00 bits per heavy atom. The van der Waals surface area contributed by atoms with Gasteiger partial charge in [-0.2, -0.15) is 4.98 Å². The quantitative estimate of drug-likeness (QED) is 0.795. The SMILES string of the molecule is COCC(C)Oc1nc(Cl)ncc1Br. The summed E-state index contributed by atoms with van der Waals surface area (Å²) in [6, 6.07) is 0. The first-order valence-electron chi connectivity index (χ1n) is 3.97. The Hall–Kier alpha value is -0.390. The van der Waals surface area contributed by atoms with Crippen molar-refractivity contribution in [2.45, 2.75) is 13.0 Å². The van der Waals surface area contributed by atoms with Crippen LogP contribution < -0.4 is 4.74 Å². The molecule has 0 spiro atoms. The number of nitrogens with zero attached hydrogens (tertiary/aromatic N) is 2. The van der Waals surface area contributed by atoms with Gasteiger partial charge in [0.25, 0.3) is 0 Å². The molecule has 0 bridgehead atoms. The normalized spacial score (nSPS) is 12.6. The zero-order valence-corrected chi connectivity index (χ0v) is 10.2. The van der Waals surface area contributed by atoms with Gasteiger partial charge in [-0.3, -0.25) is 0 Å². The minimum Gasteiger partial charge on any atom is -0.471 e. The number of aromatic nitrogens is 2. The zero-order valence-electron chi connectivity index (χ0n) is 7.83. The highest BCUT2D eigenvalue weighted by Gasteiger charge is 2.09. The van der Waals surface area contributed by atoms with Gasteiger partial charge < -0.3 is 9.47 Å². The van der Waals surface area contributed by atoms with Gasteiger partial charge in [0.05, 0.1) is 11.1 Å². The minimum absolute atomic E-state index is 0.0812. The van der Waals surface area contributed by atoms with Crippen LogP contribution in [0.15, 0.2) is 10.7 Å². The Kier molecular flexibility index (Phi) is 4.57. The molecule has 6 heteroatoms. The van der Waals surface area contributed by atoms with Gasteiger partial charge in [0.2, 0.25) is 11.2 Å². The molecule has 1 aromatic rings. The van der Waals surface area contributed by atoms with E-state index in [0.29, 0.717) is 17.0 Å². The lowest BCUT2D eigenvalue weighted by atomic mass is 10.4. The molecule has 1 aromatic heterocycles. The van der Waals surface area contributed by atoms with Gasteiger partial charge in [0.15, 0.2) is 0 Å². The molecular formula is C8H10BrClN2O2. The zero-order chi connectivity index (χ0) is 10.6. The molecule has 1 rings (SSSR count). The third kappa shape index (κ3) is 3.40. The molecule has 0 radical (unpaired) electrons. The van der Waals surface area contributed by atoms with Crippen molar-refractivity contribution in [3.05, 3.63) is 16.0 Å². The number of halogens is 2. The van der Waals surface area contributed by atoms with Gasteiger partial charge in [-0.05, 0) is 34.5 Å². The van der Waals surface area contributed by atoms with E-state index >= 15 is 0 Å². The van der Waals surface area contributed by atoms with Crippen molar-refractivity contribution in [2.24, 2.45) is 0 Å². The molecule has 0 aromatic carbocycles. The molecule has 1 heterocycles. The molecule has 0 aliphatic heterocycles. The van der Waals surface area contributed by atoms with Crippen molar-refractivity contribution in [3.8, 4) is 5.88 Å². The van der Waals surface area contributed by atoms with Crippen LogP contribution in [0.2, 0.25) is 5.28 Å². The fourth-order valence-corrected chi connectivity index (χ4v) is 1.28. The van der Waals surface area contributed by atoms with Crippen LogP contribution in [-0.2, 0) is 4.74 Å². The number of methoxy groups -OCH3 is 1. The molecule has 0 aliphatic carbocycles.